The molecule has 98 valence electrons. The highest BCUT2D eigenvalue weighted by atomic mass is 19.1. The second-order valence-corrected chi connectivity index (χ2v) is 4.72. The molecule has 4 heteroatoms. The third kappa shape index (κ3) is 3.22. The average Bonchev–Trinajstić information content (AvgIpc) is 2.41. The molecule has 0 atom stereocenters. The molecule has 1 fully saturated rings. The highest BCUT2D eigenvalue weighted by molar-refractivity contribution is 5.72. The Labute approximate surface area is 106 Å². The average molecular weight is 251 g/mol. The smallest absolute Gasteiger partial charge is 0.308 e. The normalized spacial score (nSPS) is 23.4. The first-order valence-corrected chi connectivity index (χ1v) is 6.29. The largest absolute Gasteiger partial charge is 0.469 e. The molecule has 0 saturated heterocycles. The van der Waals surface area contributed by atoms with Crippen LogP contribution in [0.4, 0.5) is 10.1 Å². The zero-order chi connectivity index (χ0) is 13.0. The zero-order valence-electron chi connectivity index (χ0n) is 10.5. The molecular formula is C14H18FNO2. The van der Waals surface area contributed by atoms with Gasteiger partial charge < -0.3 is 10.1 Å². The lowest BCUT2D eigenvalue weighted by Gasteiger charge is -2.28. The summed E-state index contributed by atoms with van der Waals surface area (Å²) >= 11 is 0. The maximum atomic E-state index is 12.8. The Balaban J connectivity index is 1.83. The first kappa shape index (κ1) is 12.9. The molecule has 0 spiro atoms. The summed E-state index contributed by atoms with van der Waals surface area (Å²) < 4.78 is 17.5. The number of halogens is 1. The number of methoxy groups -OCH3 is 1. The number of benzene rings is 1. The first-order chi connectivity index (χ1) is 8.69. The molecule has 18 heavy (non-hydrogen) atoms. The number of rotatable bonds is 3. The van der Waals surface area contributed by atoms with Crippen molar-refractivity contribution in [2.75, 3.05) is 12.4 Å². The number of carbonyl (C=O) groups is 1. The fourth-order valence-corrected chi connectivity index (χ4v) is 2.42. The second kappa shape index (κ2) is 5.85. The van der Waals surface area contributed by atoms with Crippen molar-refractivity contribution in [3.05, 3.63) is 30.1 Å². The van der Waals surface area contributed by atoms with Gasteiger partial charge in [0, 0.05) is 11.7 Å². The van der Waals surface area contributed by atoms with Crippen LogP contribution in [0.5, 0.6) is 0 Å². The number of esters is 1. The van der Waals surface area contributed by atoms with Gasteiger partial charge in [-0.05, 0) is 49.9 Å². The lowest BCUT2D eigenvalue weighted by Crippen LogP contribution is -2.29. The highest BCUT2D eigenvalue weighted by Gasteiger charge is 2.26. The molecule has 1 N–H and O–H groups in total. The molecule has 0 aliphatic heterocycles. The zero-order valence-corrected chi connectivity index (χ0v) is 10.5. The van der Waals surface area contributed by atoms with Gasteiger partial charge in [0.2, 0.25) is 0 Å². The van der Waals surface area contributed by atoms with E-state index in [4.69, 9.17) is 4.74 Å². The number of ether oxygens (including phenoxy) is 1. The molecule has 3 nitrogen and oxygen atoms in total. The summed E-state index contributed by atoms with van der Waals surface area (Å²) in [5.41, 5.74) is 0.929. The topological polar surface area (TPSA) is 38.3 Å². The van der Waals surface area contributed by atoms with Crippen molar-refractivity contribution in [2.45, 2.75) is 31.7 Å². The lowest BCUT2D eigenvalue weighted by atomic mass is 9.86. The van der Waals surface area contributed by atoms with Crippen molar-refractivity contribution in [3.8, 4) is 0 Å². The Bertz CT molecular complexity index is 397. The van der Waals surface area contributed by atoms with Crippen LogP contribution in [0.3, 0.4) is 0 Å². The van der Waals surface area contributed by atoms with Gasteiger partial charge in [-0.15, -0.1) is 0 Å². The molecule has 1 aromatic carbocycles. The molecule has 0 radical (unpaired) electrons. The Kier molecular flexibility index (Phi) is 4.18. The van der Waals surface area contributed by atoms with E-state index in [1.54, 1.807) is 12.1 Å². The van der Waals surface area contributed by atoms with Crippen LogP contribution in [-0.2, 0) is 9.53 Å². The number of hydrogen-bond donors (Lipinski definition) is 1. The molecule has 0 aromatic heterocycles. The van der Waals surface area contributed by atoms with Crippen LogP contribution in [0, 0.1) is 11.7 Å². The highest BCUT2D eigenvalue weighted by Crippen LogP contribution is 2.27. The van der Waals surface area contributed by atoms with Crippen molar-refractivity contribution < 1.29 is 13.9 Å². The van der Waals surface area contributed by atoms with E-state index in [1.807, 2.05) is 0 Å². The molecule has 1 aliphatic rings. The van der Waals surface area contributed by atoms with E-state index in [0.717, 1.165) is 31.4 Å². The van der Waals surface area contributed by atoms with E-state index >= 15 is 0 Å². The third-order valence-corrected chi connectivity index (χ3v) is 3.48. The summed E-state index contributed by atoms with van der Waals surface area (Å²) in [6, 6.07) is 6.73. The molecule has 0 amide bonds. The van der Waals surface area contributed by atoms with Gasteiger partial charge in [0.25, 0.3) is 0 Å². The van der Waals surface area contributed by atoms with Gasteiger partial charge in [-0.2, -0.15) is 0 Å². The Morgan fingerprint density at radius 2 is 1.83 bits per heavy atom. The SMILES string of the molecule is COC(=O)C1CCC(Nc2ccc(F)cc2)CC1. The fraction of sp³-hybridized carbons (Fsp3) is 0.500. The van der Waals surface area contributed by atoms with E-state index in [9.17, 15) is 9.18 Å². The van der Waals surface area contributed by atoms with Gasteiger partial charge in [0.1, 0.15) is 5.82 Å². The van der Waals surface area contributed by atoms with Gasteiger partial charge in [-0.25, -0.2) is 4.39 Å². The van der Waals surface area contributed by atoms with Crippen LogP contribution in [0.2, 0.25) is 0 Å². The van der Waals surface area contributed by atoms with Crippen LogP contribution < -0.4 is 5.32 Å². The number of nitrogens with one attached hydrogen (secondary N) is 1. The number of hydrogen-bond acceptors (Lipinski definition) is 3. The van der Waals surface area contributed by atoms with Crippen molar-refractivity contribution in [1.29, 1.82) is 0 Å². The van der Waals surface area contributed by atoms with Crippen LogP contribution in [0.15, 0.2) is 24.3 Å². The maximum Gasteiger partial charge on any atom is 0.308 e. The molecule has 0 bridgehead atoms. The Morgan fingerprint density at radius 3 is 2.39 bits per heavy atom. The number of carbonyl (C=O) groups excluding carboxylic acids is 1. The van der Waals surface area contributed by atoms with Gasteiger partial charge in [-0.3, -0.25) is 4.79 Å². The minimum absolute atomic E-state index is 0.0428. The summed E-state index contributed by atoms with van der Waals surface area (Å²) in [6.45, 7) is 0. The van der Waals surface area contributed by atoms with Crippen molar-refractivity contribution in [3.63, 3.8) is 0 Å². The predicted octanol–water partition coefficient (Wildman–Crippen LogP) is 2.97. The van der Waals surface area contributed by atoms with Gasteiger partial charge in [0.15, 0.2) is 0 Å². The van der Waals surface area contributed by atoms with Crippen LogP contribution >= 0.6 is 0 Å². The fourth-order valence-electron chi connectivity index (χ4n) is 2.42. The van der Waals surface area contributed by atoms with E-state index in [1.165, 1.54) is 19.2 Å². The molecule has 1 saturated carbocycles. The second-order valence-electron chi connectivity index (χ2n) is 4.72. The van der Waals surface area contributed by atoms with Gasteiger partial charge in [-0.1, -0.05) is 0 Å². The van der Waals surface area contributed by atoms with Gasteiger partial charge >= 0.3 is 5.97 Å². The maximum absolute atomic E-state index is 12.8. The summed E-state index contributed by atoms with van der Waals surface area (Å²) in [5.74, 6) is -0.286. The summed E-state index contributed by atoms with van der Waals surface area (Å²) in [5, 5.41) is 3.37. The molecule has 1 aromatic rings. The minimum Gasteiger partial charge on any atom is -0.469 e. The first-order valence-electron chi connectivity index (χ1n) is 6.29. The Hall–Kier alpha value is -1.58. The van der Waals surface area contributed by atoms with Crippen LogP contribution in [0.1, 0.15) is 25.7 Å². The molecule has 1 aliphatic carbocycles. The summed E-state index contributed by atoms with van der Waals surface area (Å²) in [4.78, 5) is 11.4. The van der Waals surface area contributed by atoms with E-state index in [-0.39, 0.29) is 17.7 Å². The standard InChI is InChI=1S/C14H18FNO2/c1-18-14(17)10-2-6-12(7-3-10)16-13-8-4-11(15)5-9-13/h4-5,8-10,12,16H,2-3,6-7H2,1H3. The summed E-state index contributed by atoms with van der Waals surface area (Å²) in [7, 11) is 1.44. The quantitative estimate of drug-likeness (QED) is 0.839. The minimum atomic E-state index is -0.227. The number of anilines is 1. The van der Waals surface area contributed by atoms with E-state index in [0.29, 0.717) is 6.04 Å². The van der Waals surface area contributed by atoms with Crippen LogP contribution in [0.25, 0.3) is 0 Å². The molecular weight excluding hydrogens is 233 g/mol. The predicted molar refractivity (Wildman–Crippen MR) is 67.8 cm³/mol. The van der Waals surface area contributed by atoms with Crippen molar-refractivity contribution in [1.82, 2.24) is 0 Å². The van der Waals surface area contributed by atoms with Crippen molar-refractivity contribution >= 4 is 11.7 Å². The van der Waals surface area contributed by atoms with Gasteiger partial charge in [0.05, 0.1) is 13.0 Å². The van der Waals surface area contributed by atoms with Crippen LogP contribution in [-0.4, -0.2) is 19.1 Å². The van der Waals surface area contributed by atoms with Crippen molar-refractivity contribution in [2.24, 2.45) is 5.92 Å². The molecule has 0 unspecified atom stereocenters. The third-order valence-electron chi connectivity index (χ3n) is 3.48. The van der Waals surface area contributed by atoms with E-state index in [2.05, 4.69) is 5.32 Å². The molecule has 0 heterocycles. The molecule has 2 rings (SSSR count). The lowest BCUT2D eigenvalue weighted by molar-refractivity contribution is -0.146. The monoisotopic (exact) mass is 251 g/mol. The van der Waals surface area contributed by atoms with E-state index < -0.39 is 0 Å². The summed E-state index contributed by atoms with van der Waals surface area (Å²) in [6.07, 6.45) is 3.59. The Morgan fingerprint density at radius 1 is 1.22 bits per heavy atom.